The molecular formula is C20H29NO2. The summed E-state index contributed by atoms with van der Waals surface area (Å²) in [6, 6.07) is 4.07. The van der Waals surface area contributed by atoms with Gasteiger partial charge in [0.1, 0.15) is 0 Å². The van der Waals surface area contributed by atoms with Gasteiger partial charge >= 0.3 is 5.97 Å². The monoisotopic (exact) mass is 315 g/mol. The third-order valence-corrected chi connectivity index (χ3v) is 4.55. The normalized spacial score (nSPS) is 12.3. The van der Waals surface area contributed by atoms with E-state index in [2.05, 4.69) is 53.0 Å². The zero-order valence-corrected chi connectivity index (χ0v) is 15.4. The van der Waals surface area contributed by atoms with Crippen LogP contribution in [0.15, 0.2) is 12.1 Å². The van der Waals surface area contributed by atoms with Gasteiger partial charge in [-0.05, 0) is 55.9 Å². The van der Waals surface area contributed by atoms with Crippen LogP contribution in [0.5, 0.6) is 0 Å². The smallest absolute Gasteiger partial charge is 0.335 e. The Hall–Kier alpha value is -1.77. The van der Waals surface area contributed by atoms with Gasteiger partial charge in [-0.25, -0.2) is 4.79 Å². The van der Waals surface area contributed by atoms with E-state index in [1.807, 2.05) is 12.1 Å². The zero-order valence-electron chi connectivity index (χ0n) is 15.4. The lowest BCUT2D eigenvalue weighted by Crippen LogP contribution is -2.16. The van der Waals surface area contributed by atoms with Gasteiger partial charge in [-0.15, -0.1) is 0 Å². The Bertz CT molecular complexity index is 745. The summed E-state index contributed by atoms with van der Waals surface area (Å²) in [7, 11) is 0. The second-order valence-electron chi connectivity index (χ2n) is 7.75. The number of nitrogens with zero attached hydrogens (tertiary/aromatic N) is 1. The Morgan fingerprint density at radius 2 is 1.87 bits per heavy atom. The molecule has 2 aromatic rings. The first kappa shape index (κ1) is 17.6. The molecule has 3 heteroatoms. The molecule has 0 saturated carbocycles. The number of carboxylic acids is 1. The molecule has 23 heavy (non-hydrogen) atoms. The molecule has 1 heterocycles. The molecule has 3 nitrogen and oxygen atoms in total. The van der Waals surface area contributed by atoms with Crippen molar-refractivity contribution in [2.45, 2.75) is 72.8 Å². The Balaban J connectivity index is 3.02. The maximum Gasteiger partial charge on any atom is 0.335 e. The highest BCUT2D eigenvalue weighted by molar-refractivity contribution is 5.97. The van der Waals surface area contributed by atoms with Crippen molar-refractivity contribution in [2.75, 3.05) is 0 Å². The molecule has 1 aromatic heterocycles. The van der Waals surface area contributed by atoms with Gasteiger partial charge in [-0.1, -0.05) is 34.1 Å². The average Bonchev–Trinajstić information content (AvgIpc) is 2.70. The Labute approximate surface area is 139 Å². The molecular weight excluding hydrogens is 286 g/mol. The van der Waals surface area contributed by atoms with Crippen molar-refractivity contribution in [1.82, 2.24) is 4.57 Å². The van der Waals surface area contributed by atoms with E-state index in [1.54, 1.807) is 0 Å². The van der Waals surface area contributed by atoms with Gasteiger partial charge in [0.25, 0.3) is 0 Å². The summed E-state index contributed by atoms with van der Waals surface area (Å²) < 4.78 is 2.38. The Morgan fingerprint density at radius 3 is 2.30 bits per heavy atom. The minimum Gasteiger partial charge on any atom is -0.478 e. The number of carbonyl (C=O) groups is 1. The predicted molar refractivity (Wildman–Crippen MR) is 96.7 cm³/mol. The third kappa shape index (κ3) is 3.01. The van der Waals surface area contributed by atoms with Gasteiger partial charge in [0, 0.05) is 17.1 Å². The topological polar surface area (TPSA) is 42.2 Å². The number of rotatable bonds is 4. The van der Waals surface area contributed by atoms with Crippen molar-refractivity contribution in [3.8, 4) is 0 Å². The van der Waals surface area contributed by atoms with Crippen LogP contribution in [-0.2, 0) is 11.8 Å². The molecule has 2 rings (SSSR count). The average molecular weight is 315 g/mol. The third-order valence-electron chi connectivity index (χ3n) is 4.55. The second kappa shape index (κ2) is 6.03. The molecule has 0 aliphatic rings. The van der Waals surface area contributed by atoms with Crippen molar-refractivity contribution in [3.63, 3.8) is 0 Å². The van der Waals surface area contributed by atoms with Crippen molar-refractivity contribution in [3.05, 3.63) is 34.5 Å². The van der Waals surface area contributed by atoms with Crippen molar-refractivity contribution < 1.29 is 9.90 Å². The fourth-order valence-electron chi connectivity index (χ4n) is 3.54. The van der Waals surface area contributed by atoms with Gasteiger partial charge in [0.05, 0.1) is 11.1 Å². The lowest BCUT2D eigenvalue weighted by atomic mass is 9.84. The Morgan fingerprint density at radius 1 is 1.26 bits per heavy atom. The minimum absolute atomic E-state index is 0.107. The molecule has 0 spiro atoms. The van der Waals surface area contributed by atoms with Gasteiger partial charge in [-0.2, -0.15) is 0 Å². The molecule has 0 bridgehead atoms. The molecule has 0 aliphatic carbocycles. The summed E-state index contributed by atoms with van der Waals surface area (Å²) in [6.07, 6.45) is 2.04. The first-order valence-electron chi connectivity index (χ1n) is 8.50. The number of aromatic carboxylic acids is 1. The number of benzene rings is 1. The van der Waals surface area contributed by atoms with Crippen LogP contribution in [0.1, 0.15) is 81.2 Å². The molecule has 0 radical (unpaired) electrons. The Kier molecular flexibility index (Phi) is 4.61. The largest absolute Gasteiger partial charge is 0.478 e. The van der Waals surface area contributed by atoms with E-state index in [0.717, 1.165) is 23.8 Å². The standard InChI is InChI=1S/C20H29NO2/c1-8-9-15-13(4)21(12(2)3)18-16(15)10-14(19(22)23)11-17(18)20(5,6)7/h10-12H,8-9H2,1-7H3,(H,22,23). The van der Waals surface area contributed by atoms with Crippen LogP contribution in [0.2, 0.25) is 0 Å². The first-order valence-corrected chi connectivity index (χ1v) is 8.50. The van der Waals surface area contributed by atoms with E-state index >= 15 is 0 Å². The second-order valence-corrected chi connectivity index (χ2v) is 7.75. The molecule has 0 fully saturated rings. The van der Waals surface area contributed by atoms with E-state index in [0.29, 0.717) is 11.6 Å². The van der Waals surface area contributed by atoms with E-state index < -0.39 is 5.97 Å². The number of aromatic nitrogens is 1. The fraction of sp³-hybridized carbons (Fsp3) is 0.550. The number of carboxylic acid groups (broad SMARTS) is 1. The first-order chi connectivity index (χ1) is 10.6. The van der Waals surface area contributed by atoms with Crippen LogP contribution >= 0.6 is 0 Å². The lowest BCUT2D eigenvalue weighted by molar-refractivity contribution is 0.0697. The van der Waals surface area contributed by atoms with E-state index in [4.69, 9.17) is 0 Å². The minimum atomic E-state index is -0.852. The van der Waals surface area contributed by atoms with Crippen molar-refractivity contribution >= 4 is 16.9 Å². The van der Waals surface area contributed by atoms with Gasteiger partial charge in [0.15, 0.2) is 0 Å². The van der Waals surface area contributed by atoms with E-state index in [9.17, 15) is 9.90 Å². The highest BCUT2D eigenvalue weighted by atomic mass is 16.4. The number of hydrogen-bond donors (Lipinski definition) is 1. The predicted octanol–water partition coefficient (Wildman–Crippen LogP) is 5.48. The maximum absolute atomic E-state index is 11.6. The van der Waals surface area contributed by atoms with Crippen LogP contribution in [0, 0.1) is 6.92 Å². The lowest BCUT2D eigenvalue weighted by Gasteiger charge is -2.24. The highest BCUT2D eigenvalue weighted by Crippen LogP contribution is 2.38. The summed E-state index contributed by atoms with van der Waals surface area (Å²) in [4.78, 5) is 11.6. The number of aryl methyl sites for hydroxylation is 1. The molecule has 0 amide bonds. The van der Waals surface area contributed by atoms with Crippen molar-refractivity contribution in [2.24, 2.45) is 0 Å². The maximum atomic E-state index is 11.6. The number of hydrogen-bond acceptors (Lipinski definition) is 1. The van der Waals surface area contributed by atoms with Gasteiger partial charge < -0.3 is 9.67 Å². The fourth-order valence-corrected chi connectivity index (χ4v) is 3.54. The van der Waals surface area contributed by atoms with E-state index in [-0.39, 0.29) is 5.41 Å². The molecule has 1 N–H and O–H groups in total. The van der Waals surface area contributed by atoms with Crippen LogP contribution in [-0.4, -0.2) is 15.6 Å². The SMILES string of the molecule is CCCc1c(C)n(C(C)C)c2c(C(C)(C)C)cc(C(=O)O)cc12. The quantitative estimate of drug-likeness (QED) is 0.812. The summed E-state index contributed by atoms with van der Waals surface area (Å²) in [5, 5.41) is 10.6. The summed E-state index contributed by atoms with van der Waals surface area (Å²) >= 11 is 0. The molecule has 0 aliphatic heterocycles. The molecule has 0 atom stereocenters. The summed E-state index contributed by atoms with van der Waals surface area (Å²) in [5.41, 5.74) is 5.17. The summed E-state index contributed by atoms with van der Waals surface area (Å²) in [6.45, 7) is 15.2. The summed E-state index contributed by atoms with van der Waals surface area (Å²) in [5.74, 6) is -0.852. The van der Waals surface area contributed by atoms with Crippen LogP contribution in [0.25, 0.3) is 10.9 Å². The molecule has 0 unspecified atom stereocenters. The van der Waals surface area contributed by atoms with E-state index in [1.165, 1.54) is 16.8 Å². The van der Waals surface area contributed by atoms with Crippen LogP contribution in [0.4, 0.5) is 0 Å². The molecule has 0 saturated heterocycles. The highest BCUT2D eigenvalue weighted by Gasteiger charge is 2.26. The van der Waals surface area contributed by atoms with Gasteiger partial charge in [-0.3, -0.25) is 0 Å². The zero-order chi connectivity index (χ0) is 17.5. The number of fused-ring (bicyclic) bond motifs is 1. The van der Waals surface area contributed by atoms with Crippen LogP contribution in [0.3, 0.4) is 0 Å². The molecule has 1 aromatic carbocycles. The van der Waals surface area contributed by atoms with Crippen molar-refractivity contribution in [1.29, 1.82) is 0 Å². The molecule has 126 valence electrons. The van der Waals surface area contributed by atoms with Gasteiger partial charge in [0.2, 0.25) is 0 Å². The van der Waals surface area contributed by atoms with Crippen LogP contribution < -0.4 is 0 Å².